The minimum atomic E-state index is -0.379. The Kier molecular flexibility index (Phi) is 4.11. The lowest BCUT2D eigenvalue weighted by atomic mass is 10.2. The number of carbonyl (C=O) groups is 1. The van der Waals surface area contributed by atoms with E-state index in [1.54, 1.807) is 25.4 Å². The average molecular weight is 324 g/mol. The maximum Gasteiger partial charge on any atom is 0.259 e. The highest BCUT2D eigenvalue weighted by Crippen LogP contribution is 2.21. The molecule has 0 bridgehead atoms. The van der Waals surface area contributed by atoms with Crippen LogP contribution in [0.5, 0.6) is 0 Å². The number of carbonyl (C=O) groups excluding carboxylic acids is 1. The van der Waals surface area contributed by atoms with E-state index in [2.05, 4.69) is 31.5 Å². The minimum absolute atomic E-state index is 0.297. The Labute approximate surface area is 118 Å². The largest absolute Gasteiger partial charge is 0.372 e. The number of hydrogen-bond donors (Lipinski definition) is 2. The first-order valence-corrected chi connectivity index (χ1v) is 6.30. The minimum Gasteiger partial charge on any atom is -0.372 e. The summed E-state index contributed by atoms with van der Waals surface area (Å²) in [5.41, 5.74) is 0.926. The van der Waals surface area contributed by atoms with Gasteiger partial charge in [0.25, 0.3) is 5.91 Å². The van der Waals surface area contributed by atoms with Crippen molar-refractivity contribution in [2.24, 2.45) is 0 Å². The highest BCUT2D eigenvalue weighted by Gasteiger charge is 2.12. The molecule has 1 amide bonds. The smallest absolute Gasteiger partial charge is 0.259 e. The number of pyridine rings is 1. The number of amides is 1. The van der Waals surface area contributed by atoms with Crippen molar-refractivity contribution in [2.75, 3.05) is 17.7 Å². The van der Waals surface area contributed by atoms with E-state index < -0.39 is 0 Å². The van der Waals surface area contributed by atoms with Crippen LogP contribution in [0, 0.1) is 5.82 Å². The summed E-state index contributed by atoms with van der Waals surface area (Å²) in [4.78, 5) is 16.1. The molecule has 1 heterocycles. The monoisotopic (exact) mass is 323 g/mol. The van der Waals surface area contributed by atoms with Crippen molar-refractivity contribution in [1.82, 2.24) is 4.98 Å². The van der Waals surface area contributed by atoms with Crippen LogP contribution in [0.15, 0.2) is 41.0 Å². The molecule has 0 fully saturated rings. The van der Waals surface area contributed by atoms with Gasteiger partial charge in [0.15, 0.2) is 0 Å². The van der Waals surface area contributed by atoms with Gasteiger partial charge in [-0.25, -0.2) is 9.37 Å². The van der Waals surface area contributed by atoms with Gasteiger partial charge in [-0.2, -0.15) is 0 Å². The number of benzene rings is 1. The van der Waals surface area contributed by atoms with Gasteiger partial charge >= 0.3 is 0 Å². The van der Waals surface area contributed by atoms with Crippen molar-refractivity contribution in [3.05, 3.63) is 52.4 Å². The molecule has 0 saturated carbocycles. The Morgan fingerprint density at radius 1 is 1.37 bits per heavy atom. The summed E-state index contributed by atoms with van der Waals surface area (Å²) in [6, 6.07) is 7.61. The van der Waals surface area contributed by atoms with Crippen LogP contribution in [0.25, 0.3) is 0 Å². The van der Waals surface area contributed by atoms with E-state index in [-0.39, 0.29) is 11.7 Å². The Balaban J connectivity index is 2.23. The van der Waals surface area contributed by atoms with Gasteiger partial charge < -0.3 is 10.6 Å². The first kappa shape index (κ1) is 13.5. The lowest BCUT2D eigenvalue weighted by Gasteiger charge is -2.09. The normalized spacial score (nSPS) is 10.1. The molecule has 0 saturated heterocycles. The summed E-state index contributed by atoms with van der Waals surface area (Å²) in [5, 5.41) is 5.53. The van der Waals surface area contributed by atoms with Gasteiger partial charge in [-0.15, -0.1) is 0 Å². The second kappa shape index (κ2) is 5.79. The van der Waals surface area contributed by atoms with E-state index in [1.165, 1.54) is 18.2 Å². The number of nitrogens with one attached hydrogen (secondary N) is 2. The number of rotatable bonds is 3. The standard InChI is InChI=1S/C13H11BrFN3O/c1-16-12-9(3-2-6-17-12)13(19)18-8-4-5-11(15)10(14)7-8/h2-7H,1H3,(H,16,17)(H,18,19). The molecular weight excluding hydrogens is 313 g/mol. The highest BCUT2D eigenvalue weighted by atomic mass is 79.9. The van der Waals surface area contributed by atoms with Gasteiger partial charge in [0, 0.05) is 18.9 Å². The van der Waals surface area contributed by atoms with Gasteiger partial charge in [-0.3, -0.25) is 4.79 Å². The Bertz CT molecular complexity index is 619. The van der Waals surface area contributed by atoms with Gasteiger partial charge in [0.05, 0.1) is 10.0 Å². The summed E-state index contributed by atoms with van der Waals surface area (Å²) in [6.45, 7) is 0. The van der Waals surface area contributed by atoms with Gasteiger partial charge in [-0.05, 0) is 46.3 Å². The van der Waals surface area contributed by atoms with Crippen LogP contribution in [-0.2, 0) is 0 Å². The lowest BCUT2D eigenvalue weighted by Crippen LogP contribution is -2.14. The number of anilines is 2. The molecule has 4 nitrogen and oxygen atoms in total. The second-order valence-corrected chi connectivity index (χ2v) is 4.59. The Hall–Kier alpha value is -1.95. The molecule has 2 aromatic rings. The van der Waals surface area contributed by atoms with Gasteiger partial charge in [0.1, 0.15) is 11.6 Å². The SMILES string of the molecule is CNc1ncccc1C(=O)Nc1ccc(F)c(Br)c1. The molecule has 19 heavy (non-hydrogen) atoms. The molecule has 2 rings (SSSR count). The van der Waals surface area contributed by atoms with Crippen LogP contribution in [0.1, 0.15) is 10.4 Å². The van der Waals surface area contributed by atoms with Crippen molar-refractivity contribution in [3.63, 3.8) is 0 Å². The average Bonchev–Trinajstić information content (AvgIpc) is 2.43. The lowest BCUT2D eigenvalue weighted by molar-refractivity contribution is 0.102. The molecule has 0 unspecified atom stereocenters. The van der Waals surface area contributed by atoms with Crippen LogP contribution >= 0.6 is 15.9 Å². The van der Waals surface area contributed by atoms with Crippen molar-refractivity contribution >= 4 is 33.3 Å². The molecule has 0 spiro atoms. The van der Waals surface area contributed by atoms with E-state index in [0.29, 0.717) is 21.5 Å². The Morgan fingerprint density at radius 2 is 2.16 bits per heavy atom. The fraction of sp³-hybridized carbons (Fsp3) is 0.0769. The molecule has 0 aliphatic heterocycles. The fourth-order valence-electron chi connectivity index (χ4n) is 1.56. The van der Waals surface area contributed by atoms with E-state index >= 15 is 0 Å². The molecule has 0 aliphatic rings. The third kappa shape index (κ3) is 3.08. The molecule has 2 N–H and O–H groups in total. The summed E-state index contributed by atoms with van der Waals surface area (Å²) in [5.74, 6) is -0.201. The first-order chi connectivity index (χ1) is 9.11. The maximum absolute atomic E-state index is 13.1. The predicted molar refractivity (Wildman–Crippen MR) is 75.8 cm³/mol. The summed E-state index contributed by atoms with van der Waals surface area (Å²) in [7, 11) is 1.69. The summed E-state index contributed by atoms with van der Waals surface area (Å²) in [6.07, 6.45) is 1.59. The first-order valence-electron chi connectivity index (χ1n) is 5.51. The van der Waals surface area contributed by atoms with Crippen molar-refractivity contribution in [3.8, 4) is 0 Å². The Morgan fingerprint density at radius 3 is 2.84 bits per heavy atom. The van der Waals surface area contributed by atoms with Crippen LogP contribution < -0.4 is 10.6 Å². The summed E-state index contributed by atoms with van der Waals surface area (Å²) < 4.78 is 13.4. The van der Waals surface area contributed by atoms with Crippen LogP contribution in [-0.4, -0.2) is 17.9 Å². The molecular formula is C13H11BrFN3O. The predicted octanol–water partition coefficient (Wildman–Crippen LogP) is 3.28. The van der Waals surface area contributed by atoms with Crippen molar-refractivity contribution in [1.29, 1.82) is 0 Å². The number of halogens is 2. The zero-order valence-corrected chi connectivity index (χ0v) is 11.7. The number of hydrogen-bond acceptors (Lipinski definition) is 3. The molecule has 98 valence electrons. The van der Waals surface area contributed by atoms with E-state index in [9.17, 15) is 9.18 Å². The van der Waals surface area contributed by atoms with Crippen LogP contribution in [0.4, 0.5) is 15.9 Å². The topological polar surface area (TPSA) is 54.0 Å². The van der Waals surface area contributed by atoms with Gasteiger partial charge in [-0.1, -0.05) is 0 Å². The molecule has 1 aromatic carbocycles. The summed E-state index contributed by atoms with van der Waals surface area (Å²) >= 11 is 3.07. The van der Waals surface area contributed by atoms with Gasteiger partial charge in [0.2, 0.25) is 0 Å². The number of nitrogens with zero attached hydrogens (tertiary/aromatic N) is 1. The second-order valence-electron chi connectivity index (χ2n) is 3.73. The molecule has 6 heteroatoms. The molecule has 0 radical (unpaired) electrons. The zero-order chi connectivity index (χ0) is 13.8. The fourth-order valence-corrected chi connectivity index (χ4v) is 1.94. The third-order valence-electron chi connectivity index (χ3n) is 2.47. The van der Waals surface area contributed by atoms with E-state index in [1.807, 2.05) is 0 Å². The molecule has 0 atom stereocenters. The number of aromatic nitrogens is 1. The van der Waals surface area contributed by atoms with Crippen molar-refractivity contribution < 1.29 is 9.18 Å². The van der Waals surface area contributed by atoms with Crippen molar-refractivity contribution in [2.45, 2.75) is 0 Å². The van der Waals surface area contributed by atoms with E-state index in [4.69, 9.17) is 0 Å². The molecule has 1 aromatic heterocycles. The third-order valence-corrected chi connectivity index (χ3v) is 3.07. The van der Waals surface area contributed by atoms with Crippen LogP contribution in [0.2, 0.25) is 0 Å². The van der Waals surface area contributed by atoms with Crippen LogP contribution in [0.3, 0.4) is 0 Å². The zero-order valence-electron chi connectivity index (χ0n) is 10.1. The highest BCUT2D eigenvalue weighted by molar-refractivity contribution is 9.10. The maximum atomic E-state index is 13.1. The molecule has 0 aliphatic carbocycles. The quantitative estimate of drug-likeness (QED) is 0.911. The van der Waals surface area contributed by atoms with E-state index in [0.717, 1.165) is 0 Å².